The lowest BCUT2D eigenvalue weighted by Gasteiger charge is -1.98. The highest BCUT2D eigenvalue weighted by molar-refractivity contribution is 7.09. The number of hydrogen-bond donors (Lipinski definition) is 0. The summed E-state index contributed by atoms with van der Waals surface area (Å²) < 4.78 is 4.59. The maximum atomic E-state index is 9.80. The normalized spacial score (nSPS) is 9.85. The average molecular weight is 198 g/mol. The third-order valence-corrected chi connectivity index (χ3v) is 2.77. The van der Waals surface area contributed by atoms with Crippen molar-refractivity contribution < 1.29 is 9.53 Å². The Kier molecular flexibility index (Phi) is 5.25. The van der Waals surface area contributed by atoms with Gasteiger partial charge in [-0.05, 0) is 37.1 Å². The minimum Gasteiger partial charge on any atom is -0.468 e. The summed E-state index contributed by atoms with van der Waals surface area (Å²) in [5.41, 5.74) is 0. The molecule has 1 aromatic heterocycles. The van der Waals surface area contributed by atoms with Crippen LogP contribution in [0.4, 0.5) is 0 Å². The van der Waals surface area contributed by atoms with Gasteiger partial charge < -0.3 is 4.74 Å². The van der Waals surface area contributed by atoms with Gasteiger partial charge in [0.25, 0.3) is 6.47 Å². The fourth-order valence-electron chi connectivity index (χ4n) is 1.16. The molecule has 0 spiro atoms. The number of carbonyl (C=O) groups is 1. The maximum Gasteiger partial charge on any atom is 0.293 e. The van der Waals surface area contributed by atoms with Gasteiger partial charge in [0, 0.05) is 4.88 Å². The molecule has 1 heterocycles. The van der Waals surface area contributed by atoms with E-state index in [9.17, 15) is 4.79 Å². The summed E-state index contributed by atoms with van der Waals surface area (Å²) in [7, 11) is 0. The van der Waals surface area contributed by atoms with E-state index in [0.29, 0.717) is 13.1 Å². The van der Waals surface area contributed by atoms with Gasteiger partial charge >= 0.3 is 0 Å². The lowest BCUT2D eigenvalue weighted by Crippen LogP contribution is -1.91. The number of ether oxygens (including phenoxy) is 1. The maximum absolute atomic E-state index is 9.80. The third-order valence-electron chi connectivity index (χ3n) is 1.83. The van der Waals surface area contributed by atoms with Crippen LogP contribution in [0, 0.1) is 0 Å². The van der Waals surface area contributed by atoms with Gasteiger partial charge in [0.1, 0.15) is 0 Å². The van der Waals surface area contributed by atoms with Crippen molar-refractivity contribution in [2.24, 2.45) is 0 Å². The van der Waals surface area contributed by atoms with E-state index in [-0.39, 0.29) is 0 Å². The standard InChI is InChI=1S/C10H14O2S/c11-9-12-7-3-1-2-5-10-6-4-8-13-10/h4,6,8-9H,1-3,5,7H2. The molecule has 0 aliphatic carbocycles. The third kappa shape index (κ3) is 4.68. The Morgan fingerprint density at radius 3 is 3.00 bits per heavy atom. The molecule has 0 unspecified atom stereocenters. The molecule has 1 aromatic rings. The quantitative estimate of drug-likeness (QED) is 0.497. The molecule has 3 heteroatoms. The number of unbranched alkanes of at least 4 members (excludes halogenated alkanes) is 2. The largest absolute Gasteiger partial charge is 0.468 e. The molecule has 13 heavy (non-hydrogen) atoms. The molecule has 0 bridgehead atoms. The minimum absolute atomic E-state index is 0.513. The predicted molar refractivity (Wildman–Crippen MR) is 53.9 cm³/mol. The first-order valence-electron chi connectivity index (χ1n) is 4.51. The number of aryl methyl sites for hydroxylation is 1. The Labute approximate surface area is 82.5 Å². The Morgan fingerprint density at radius 2 is 2.31 bits per heavy atom. The molecule has 0 aromatic carbocycles. The fraction of sp³-hybridized carbons (Fsp3) is 0.500. The number of rotatable bonds is 7. The molecular weight excluding hydrogens is 184 g/mol. The van der Waals surface area contributed by atoms with E-state index in [2.05, 4.69) is 22.2 Å². The van der Waals surface area contributed by atoms with Crippen LogP contribution in [-0.4, -0.2) is 13.1 Å². The van der Waals surface area contributed by atoms with Crippen LogP contribution in [-0.2, 0) is 16.0 Å². The molecule has 0 saturated heterocycles. The molecule has 2 nitrogen and oxygen atoms in total. The first kappa shape index (κ1) is 10.3. The van der Waals surface area contributed by atoms with Crippen molar-refractivity contribution >= 4 is 17.8 Å². The summed E-state index contributed by atoms with van der Waals surface area (Å²) in [5.74, 6) is 0. The topological polar surface area (TPSA) is 26.3 Å². The highest BCUT2D eigenvalue weighted by Crippen LogP contribution is 2.12. The first-order chi connectivity index (χ1) is 6.43. The molecule has 0 amide bonds. The van der Waals surface area contributed by atoms with E-state index >= 15 is 0 Å². The van der Waals surface area contributed by atoms with E-state index in [0.717, 1.165) is 19.3 Å². The predicted octanol–water partition coefficient (Wildman–Crippen LogP) is 2.63. The zero-order valence-corrected chi connectivity index (χ0v) is 8.39. The Balaban J connectivity index is 1.93. The summed E-state index contributed by atoms with van der Waals surface area (Å²) in [4.78, 5) is 11.2. The van der Waals surface area contributed by atoms with Crippen LogP contribution >= 0.6 is 11.3 Å². The van der Waals surface area contributed by atoms with Crippen LogP contribution in [0.2, 0.25) is 0 Å². The molecule has 0 aliphatic rings. The second-order valence-electron chi connectivity index (χ2n) is 2.86. The van der Waals surface area contributed by atoms with E-state index in [4.69, 9.17) is 0 Å². The average Bonchev–Trinajstić information content (AvgIpc) is 2.63. The lowest BCUT2D eigenvalue weighted by molar-refractivity contribution is -0.128. The van der Waals surface area contributed by atoms with Crippen LogP contribution in [0.15, 0.2) is 17.5 Å². The first-order valence-corrected chi connectivity index (χ1v) is 5.39. The second kappa shape index (κ2) is 6.66. The second-order valence-corrected chi connectivity index (χ2v) is 3.89. The van der Waals surface area contributed by atoms with Gasteiger partial charge in [0.15, 0.2) is 0 Å². The van der Waals surface area contributed by atoms with Gasteiger partial charge in [0.05, 0.1) is 6.61 Å². The fourth-order valence-corrected chi connectivity index (χ4v) is 1.92. The van der Waals surface area contributed by atoms with E-state index in [1.165, 1.54) is 11.3 Å². The van der Waals surface area contributed by atoms with E-state index in [1.54, 1.807) is 11.3 Å². The van der Waals surface area contributed by atoms with Crippen molar-refractivity contribution in [3.63, 3.8) is 0 Å². The SMILES string of the molecule is O=COCCCCCc1cccs1. The summed E-state index contributed by atoms with van der Waals surface area (Å²) in [5, 5.41) is 2.10. The van der Waals surface area contributed by atoms with Gasteiger partial charge in [-0.1, -0.05) is 6.07 Å². The molecule has 0 atom stereocenters. The smallest absolute Gasteiger partial charge is 0.293 e. The monoisotopic (exact) mass is 198 g/mol. The van der Waals surface area contributed by atoms with Gasteiger partial charge in [-0.2, -0.15) is 0 Å². The molecule has 0 radical (unpaired) electrons. The van der Waals surface area contributed by atoms with E-state index in [1.807, 2.05) is 0 Å². The Bertz CT molecular complexity index is 219. The van der Waals surface area contributed by atoms with Crippen molar-refractivity contribution in [2.75, 3.05) is 6.61 Å². The minimum atomic E-state index is 0.513. The summed E-state index contributed by atoms with van der Waals surface area (Å²) in [6.45, 7) is 1.08. The number of carbonyl (C=O) groups excluding carboxylic acids is 1. The van der Waals surface area contributed by atoms with Gasteiger partial charge in [0.2, 0.25) is 0 Å². The zero-order chi connectivity index (χ0) is 9.36. The van der Waals surface area contributed by atoms with Crippen molar-refractivity contribution in [3.8, 4) is 0 Å². The molecular formula is C10H14O2S. The molecule has 1 rings (SSSR count). The Hall–Kier alpha value is -0.830. The van der Waals surface area contributed by atoms with Crippen LogP contribution in [0.1, 0.15) is 24.1 Å². The van der Waals surface area contributed by atoms with E-state index < -0.39 is 0 Å². The van der Waals surface area contributed by atoms with Crippen molar-refractivity contribution in [3.05, 3.63) is 22.4 Å². The zero-order valence-electron chi connectivity index (χ0n) is 7.57. The van der Waals surface area contributed by atoms with Gasteiger partial charge in [-0.25, -0.2) is 0 Å². The highest BCUT2D eigenvalue weighted by atomic mass is 32.1. The molecule has 72 valence electrons. The highest BCUT2D eigenvalue weighted by Gasteiger charge is 1.93. The van der Waals surface area contributed by atoms with Crippen molar-refractivity contribution in [1.82, 2.24) is 0 Å². The van der Waals surface area contributed by atoms with Crippen LogP contribution in [0.25, 0.3) is 0 Å². The molecule has 0 saturated carbocycles. The van der Waals surface area contributed by atoms with Crippen LogP contribution in [0.3, 0.4) is 0 Å². The van der Waals surface area contributed by atoms with Gasteiger partial charge in [-0.3, -0.25) is 4.79 Å². The molecule has 0 N–H and O–H groups in total. The van der Waals surface area contributed by atoms with Gasteiger partial charge in [-0.15, -0.1) is 11.3 Å². The molecule has 0 fully saturated rings. The van der Waals surface area contributed by atoms with Crippen LogP contribution < -0.4 is 0 Å². The summed E-state index contributed by atoms with van der Waals surface area (Å²) in [6.07, 6.45) is 4.44. The van der Waals surface area contributed by atoms with Crippen molar-refractivity contribution in [1.29, 1.82) is 0 Å². The lowest BCUT2D eigenvalue weighted by atomic mass is 10.2. The summed E-state index contributed by atoms with van der Waals surface area (Å²) in [6, 6.07) is 4.24. The number of thiophene rings is 1. The number of hydrogen-bond acceptors (Lipinski definition) is 3. The van der Waals surface area contributed by atoms with Crippen molar-refractivity contribution in [2.45, 2.75) is 25.7 Å². The Morgan fingerprint density at radius 1 is 1.38 bits per heavy atom. The summed E-state index contributed by atoms with van der Waals surface area (Å²) >= 11 is 1.80. The molecule has 0 aliphatic heterocycles. The van der Waals surface area contributed by atoms with Crippen LogP contribution in [0.5, 0.6) is 0 Å².